The number of Topliss-reactive ketones (excluding diaryl/α,β-unsaturated/α-hetero) is 1. The van der Waals surface area contributed by atoms with Crippen LogP contribution in [-0.4, -0.2) is 33.1 Å². The van der Waals surface area contributed by atoms with Crippen molar-refractivity contribution in [2.75, 3.05) is 23.0 Å². The quantitative estimate of drug-likeness (QED) is 0.261. The second-order valence-electron chi connectivity index (χ2n) is 7.59. The lowest BCUT2D eigenvalue weighted by atomic mass is 10.1. The van der Waals surface area contributed by atoms with E-state index in [2.05, 4.69) is 20.7 Å². The van der Waals surface area contributed by atoms with E-state index in [1.807, 2.05) is 0 Å². The molecule has 0 radical (unpaired) electrons. The monoisotopic (exact) mass is 486 g/mol. The number of amides is 2. The summed E-state index contributed by atoms with van der Waals surface area (Å²) in [7, 11) is 0. The first kappa shape index (κ1) is 23.7. The van der Waals surface area contributed by atoms with E-state index in [4.69, 9.17) is 5.73 Å². The molecule has 0 bridgehead atoms. The van der Waals surface area contributed by atoms with E-state index in [0.717, 1.165) is 12.1 Å². The third kappa shape index (κ3) is 4.63. The van der Waals surface area contributed by atoms with Crippen LogP contribution in [0.3, 0.4) is 0 Å². The number of rotatable bonds is 6. The SMILES string of the molecule is CC(=O)c1cc(-c2ccc(NC(=O)Nc3cc(C(F)(F)CF)ccc3F)cc2)c2c(N)ncnn12. The number of aromatic nitrogens is 3. The Labute approximate surface area is 195 Å². The fraction of sp³-hybridized carbons (Fsp3) is 0.130. The highest BCUT2D eigenvalue weighted by Crippen LogP contribution is 2.32. The number of hydrogen-bond donors (Lipinski definition) is 3. The number of carbonyl (C=O) groups is 2. The van der Waals surface area contributed by atoms with Crippen LogP contribution in [0.1, 0.15) is 23.0 Å². The normalized spacial score (nSPS) is 11.5. The molecule has 4 N–H and O–H groups in total. The molecule has 0 atom stereocenters. The molecule has 2 aromatic heterocycles. The van der Waals surface area contributed by atoms with E-state index in [0.29, 0.717) is 34.1 Å². The Morgan fingerprint density at radius 3 is 2.46 bits per heavy atom. The summed E-state index contributed by atoms with van der Waals surface area (Å²) in [6.45, 7) is -0.563. The van der Waals surface area contributed by atoms with E-state index in [1.165, 1.54) is 29.9 Å². The second kappa shape index (κ2) is 9.05. The molecular formula is C23H18F4N6O2. The van der Waals surface area contributed by atoms with E-state index < -0.39 is 35.7 Å². The van der Waals surface area contributed by atoms with Gasteiger partial charge in [-0.2, -0.15) is 13.9 Å². The van der Waals surface area contributed by atoms with Crippen molar-refractivity contribution in [2.24, 2.45) is 0 Å². The van der Waals surface area contributed by atoms with Crippen molar-refractivity contribution >= 4 is 34.5 Å². The number of alkyl halides is 3. The Morgan fingerprint density at radius 1 is 1.09 bits per heavy atom. The van der Waals surface area contributed by atoms with Crippen molar-refractivity contribution in [3.05, 3.63) is 71.9 Å². The highest BCUT2D eigenvalue weighted by Gasteiger charge is 2.32. The highest BCUT2D eigenvalue weighted by molar-refractivity contribution is 6.01. The number of carbonyl (C=O) groups excluding carboxylic acids is 2. The van der Waals surface area contributed by atoms with Crippen molar-refractivity contribution in [3.63, 3.8) is 0 Å². The summed E-state index contributed by atoms with van der Waals surface area (Å²) in [6, 6.07) is 9.23. The number of nitrogens with two attached hydrogens (primary N) is 1. The number of nitrogens with zero attached hydrogens (tertiary/aromatic N) is 3. The first-order valence-corrected chi connectivity index (χ1v) is 10.2. The number of nitrogen functional groups attached to an aromatic ring is 1. The highest BCUT2D eigenvalue weighted by atomic mass is 19.3. The van der Waals surface area contributed by atoms with Crippen LogP contribution in [0.25, 0.3) is 16.6 Å². The number of anilines is 3. The maximum Gasteiger partial charge on any atom is 0.323 e. The van der Waals surface area contributed by atoms with E-state index in [-0.39, 0.29) is 11.6 Å². The number of hydrogen-bond acceptors (Lipinski definition) is 5. The zero-order valence-corrected chi connectivity index (χ0v) is 18.2. The molecule has 2 amide bonds. The van der Waals surface area contributed by atoms with Gasteiger partial charge in [-0.3, -0.25) is 4.79 Å². The summed E-state index contributed by atoms with van der Waals surface area (Å²) in [5.41, 5.74) is 6.99. The third-order valence-corrected chi connectivity index (χ3v) is 5.20. The Balaban J connectivity index is 1.55. The first-order chi connectivity index (χ1) is 16.6. The summed E-state index contributed by atoms with van der Waals surface area (Å²) in [4.78, 5) is 28.3. The number of urea groups is 1. The molecule has 35 heavy (non-hydrogen) atoms. The van der Waals surface area contributed by atoms with Crippen LogP contribution in [0.15, 0.2) is 54.9 Å². The molecule has 2 aromatic carbocycles. The first-order valence-electron chi connectivity index (χ1n) is 10.2. The number of benzene rings is 2. The molecule has 12 heteroatoms. The van der Waals surface area contributed by atoms with E-state index in [9.17, 15) is 27.2 Å². The van der Waals surface area contributed by atoms with Gasteiger partial charge < -0.3 is 16.4 Å². The van der Waals surface area contributed by atoms with Gasteiger partial charge in [0.05, 0.1) is 5.69 Å². The van der Waals surface area contributed by atoms with Gasteiger partial charge >= 0.3 is 12.0 Å². The van der Waals surface area contributed by atoms with Crippen LogP contribution >= 0.6 is 0 Å². The van der Waals surface area contributed by atoms with Gasteiger partial charge in [0.15, 0.2) is 18.3 Å². The van der Waals surface area contributed by atoms with Crippen molar-refractivity contribution in [3.8, 4) is 11.1 Å². The fourth-order valence-corrected chi connectivity index (χ4v) is 3.48. The van der Waals surface area contributed by atoms with Crippen LogP contribution in [0.2, 0.25) is 0 Å². The standard InChI is InChI=1S/C23H18F4N6O2/c1-12(34)19-9-16(20-21(28)29-11-30-33(19)20)13-2-5-15(6-3-13)31-22(35)32-18-8-14(4-7-17(18)25)23(26,27)10-24/h2-9,11H,10H2,1H3,(H2,28,29,30)(H2,31,32,35). The second-order valence-corrected chi connectivity index (χ2v) is 7.59. The number of fused-ring (bicyclic) bond motifs is 1. The molecule has 0 aliphatic heterocycles. The van der Waals surface area contributed by atoms with Crippen molar-refractivity contribution in [2.45, 2.75) is 12.8 Å². The van der Waals surface area contributed by atoms with Crippen LogP contribution in [0, 0.1) is 5.82 Å². The molecule has 0 fully saturated rings. The smallest absolute Gasteiger partial charge is 0.323 e. The van der Waals surface area contributed by atoms with Gasteiger partial charge in [-0.15, -0.1) is 0 Å². The van der Waals surface area contributed by atoms with Crippen molar-refractivity contribution < 1.29 is 27.2 Å². The van der Waals surface area contributed by atoms with Crippen LogP contribution in [0.5, 0.6) is 0 Å². The predicted molar refractivity (Wildman–Crippen MR) is 122 cm³/mol. The largest absolute Gasteiger partial charge is 0.382 e. The molecular weight excluding hydrogens is 468 g/mol. The lowest BCUT2D eigenvalue weighted by molar-refractivity contribution is -0.0280. The Hall–Kier alpha value is -4.48. The van der Waals surface area contributed by atoms with Gasteiger partial charge in [-0.05, 0) is 42.0 Å². The number of ketones is 1. The minimum Gasteiger partial charge on any atom is -0.382 e. The zero-order valence-electron chi connectivity index (χ0n) is 18.2. The molecule has 0 unspecified atom stereocenters. The van der Waals surface area contributed by atoms with Crippen molar-refractivity contribution in [1.82, 2.24) is 14.6 Å². The van der Waals surface area contributed by atoms with Gasteiger partial charge in [0, 0.05) is 23.7 Å². The molecule has 0 spiro atoms. The summed E-state index contributed by atoms with van der Waals surface area (Å²) < 4.78 is 55.1. The minimum atomic E-state index is -3.81. The fourth-order valence-electron chi connectivity index (χ4n) is 3.48. The van der Waals surface area contributed by atoms with Gasteiger partial charge in [-0.1, -0.05) is 12.1 Å². The predicted octanol–water partition coefficient (Wildman–Crippen LogP) is 5.03. The van der Waals surface area contributed by atoms with Gasteiger partial charge in [-0.25, -0.2) is 23.1 Å². The molecule has 4 aromatic rings. The molecule has 0 saturated carbocycles. The van der Waals surface area contributed by atoms with Crippen LogP contribution in [-0.2, 0) is 5.92 Å². The van der Waals surface area contributed by atoms with Gasteiger partial charge in [0.25, 0.3) is 0 Å². The summed E-state index contributed by atoms with van der Waals surface area (Å²) in [6.07, 6.45) is 1.24. The summed E-state index contributed by atoms with van der Waals surface area (Å²) in [5.74, 6) is -4.82. The summed E-state index contributed by atoms with van der Waals surface area (Å²) in [5, 5.41) is 8.67. The molecule has 0 aliphatic carbocycles. The maximum absolute atomic E-state index is 14.0. The molecule has 8 nitrogen and oxygen atoms in total. The average Bonchev–Trinajstić information content (AvgIpc) is 3.22. The Morgan fingerprint density at radius 2 is 1.80 bits per heavy atom. The molecule has 2 heterocycles. The minimum absolute atomic E-state index is 0.173. The Kier molecular flexibility index (Phi) is 6.12. The lowest BCUT2D eigenvalue weighted by Gasteiger charge is -2.15. The Bertz CT molecular complexity index is 1440. The topological polar surface area (TPSA) is 114 Å². The third-order valence-electron chi connectivity index (χ3n) is 5.20. The number of nitrogens with one attached hydrogen (secondary N) is 2. The van der Waals surface area contributed by atoms with Gasteiger partial charge in [0.1, 0.15) is 23.4 Å². The molecule has 180 valence electrons. The van der Waals surface area contributed by atoms with Gasteiger partial charge in [0.2, 0.25) is 0 Å². The summed E-state index contributed by atoms with van der Waals surface area (Å²) >= 11 is 0. The molecule has 0 aliphatic rings. The van der Waals surface area contributed by atoms with Crippen LogP contribution < -0.4 is 16.4 Å². The number of halogens is 4. The lowest BCUT2D eigenvalue weighted by Crippen LogP contribution is -2.21. The molecule has 0 saturated heterocycles. The zero-order chi connectivity index (χ0) is 25.3. The maximum atomic E-state index is 14.0. The average molecular weight is 486 g/mol. The van der Waals surface area contributed by atoms with Crippen LogP contribution in [0.4, 0.5) is 39.5 Å². The van der Waals surface area contributed by atoms with E-state index in [1.54, 1.807) is 18.2 Å². The van der Waals surface area contributed by atoms with E-state index >= 15 is 0 Å². The van der Waals surface area contributed by atoms with Crippen molar-refractivity contribution in [1.29, 1.82) is 0 Å². The molecule has 4 rings (SSSR count).